The Balaban J connectivity index is 2.02. The Morgan fingerprint density at radius 2 is 1.54 bits per heavy atom. The zero-order valence-electron chi connectivity index (χ0n) is 21.8. The van der Waals surface area contributed by atoms with Crippen molar-refractivity contribution in [2.24, 2.45) is 0 Å². The minimum atomic E-state index is -4.06. The van der Waals surface area contributed by atoms with E-state index in [-0.39, 0.29) is 17.3 Å². The standard InChI is InChI=1S/C29H35N3O4S/c1-5-26(29(34)30-4)31(19-18-24-12-8-6-9-13-24)28(33)21-32(27-17-16-22(2)20-23(27)3)37(35,36)25-14-10-7-11-15-25/h6-17,20,26H,5,18-19,21H2,1-4H3,(H,30,34). The molecule has 0 aromatic heterocycles. The SMILES string of the molecule is CCC(C(=O)NC)N(CCc1ccccc1)C(=O)CN(c1ccc(C)cc1C)S(=O)(=O)c1ccccc1. The van der Waals surface area contributed by atoms with Crippen molar-refractivity contribution in [2.45, 2.75) is 44.6 Å². The second-order valence-corrected chi connectivity index (χ2v) is 10.8. The third-order valence-corrected chi connectivity index (χ3v) is 8.12. The van der Waals surface area contributed by atoms with E-state index in [0.717, 1.165) is 21.0 Å². The van der Waals surface area contributed by atoms with Gasteiger partial charge in [0.1, 0.15) is 12.6 Å². The topological polar surface area (TPSA) is 86.8 Å². The Morgan fingerprint density at radius 1 is 0.919 bits per heavy atom. The van der Waals surface area contributed by atoms with Crippen LogP contribution in [0.15, 0.2) is 83.8 Å². The van der Waals surface area contributed by atoms with E-state index in [2.05, 4.69) is 5.32 Å². The number of sulfonamides is 1. The van der Waals surface area contributed by atoms with Crippen molar-refractivity contribution in [1.29, 1.82) is 0 Å². The van der Waals surface area contributed by atoms with Crippen LogP contribution in [0, 0.1) is 13.8 Å². The van der Waals surface area contributed by atoms with Crippen LogP contribution in [0.25, 0.3) is 0 Å². The van der Waals surface area contributed by atoms with Crippen molar-refractivity contribution in [1.82, 2.24) is 10.2 Å². The van der Waals surface area contributed by atoms with E-state index in [9.17, 15) is 18.0 Å². The largest absolute Gasteiger partial charge is 0.357 e. The number of likely N-dealkylation sites (N-methyl/N-ethyl adjacent to an activating group) is 1. The van der Waals surface area contributed by atoms with Crippen molar-refractivity contribution < 1.29 is 18.0 Å². The molecule has 7 nitrogen and oxygen atoms in total. The summed E-state index contributed by atoms with van der Waals surface area (Å²) in [6.07, 6.45) is 0.935. The number of hydrogen-bond donors (Lipinski definition) is 1. The lowest BCUT2D eigenvalue weighted by molar-refractivity contribution is -0.139. The molecule has 8 heteroatoms. The Kier molecular flexibility index (Phi) is 9.47. The lowest BCUT2D eigenvalue weighted by atomic mass is 10.1. The zero-order valence-corrected chi connectivity index (χ0v) is 22.7. The van der Waals surface area contributed by atoms with Crippen molar-refractivity contribution >= 4 is 27.5 Å². The van der Waals surface area contributed by atoms with Crippen molar-refractivity contribution in [3.8, 4) is 0 Å². The van der Waals surface area contributed by atoms with E-state index in [4.69, 9.17) is 0 Å². The lowest BCUT2D eigenvalue weighted by Gasteiger charge is -2.33. The van der Waals surface area contributed by atoms with E-state index in [1.165, 1.54) is 24.1 Å². The first-order valence-corrected chi connectivity index (χ1v) is 13.8. The molecule has 0 radical (unpaired) electrons. The van der Waals surface area contributed by atoms with Gasteiger partial charge in [0.05, 0.1) is 10.6 Å². The molecular formula is C29H35N3O4S. The summed E-state index contributed by atoms with van der Waals surface area (Å²) < 4.78 is 28.8. The summed E-state index contributed by atoms with van der Waals surface area (Å²) in [5.41, 5.74) is 3.18. The molecule has 0 saturated carbocycles. The maximum Gasteiger partial charge on any atom is 0.264 e. The van der Waals surface area contributed by atoms with Gasteiger partial charge >= 0.3 is 0 Å². The maximum absolute atomic E-state index is 13.9. The number of rotatable bonds is 11. The smallest absolute Gasteiger partial charge is 0.264 e. The molecule has 0 heterocycles. The van der Waals surface area contributed by atoms with Gasteiger partial charge in [-0.15, -0.1) is 0 Å². The summed E-state index contributed by atoms with van der Waals surface area (Å²) in [7, 11) is -2.52. The molecule has 0 bridgehead atoms. The first kappa shape index (κ1) is 27.9. The molecule has 0 aliphatic rings. The molecule has 3 aromatic carbocycles. The second-order valence-electron chi connectivity index (χ2n) is 8.98. The van der Waals surface area contributed by atoms with E-state index >= 15 is 0 Å². The number of carbonyl (C=O) groups excluding carboxylic acids is 2. The van der Waals surface area contributed by atoms with Gasteiger partial charge in [-0.2, -0.15) is 0 Å². The van der Waals surface area contributed by atoms with E-state index in [1.54, 1.807) is 24.3 Å². The summed E-state index contributed by atoms with van der Waals surface area (Å²) in [6, 6.07) is 22.5. The van der Waals surface area contributed by atoms with Crippen molar-refractivity contribution in [2.75, 3.05) is 24.4 Å². The number of carbonyl (C=O) groups is 2. The van der Waals surface area contributed by atoms with Crippen LogP contribution in [-0.2, 0) is 26.0 Å². The van der Waals surface area contributed by atoms with Gasteiger partial charge in [-0.05, 0) is 56.0 Å². The third kappa shape index (κ3) is 6.77. The molecule has 2 amide bonds. The van der Waals surface area contributed by atoms with E-state index in [0.29, 0.717) is 18.5 Å². The molecule has 1 atom stereocenters. The van der Waals surface area contributed by atoms with Gasteiger partial charge < -0.3 is 10.2 Å². The summed E-state index contributed by atoms with van der Waals surface area (Å²) >= 11 is 0. The highest BCUT2D eigenvalue weighted by atomic mass is 32.2. The molecule has 0 aliphatic heterocycles. The fourth-order valence-corrected chi connectivity index (χ4v) is 5.88. The summed E-state index contributed by atoms with van der Waals surface area (Å²) in [4.78, 5) is 28.2. The average molecular weight is 522 g/mol. The Morgan fingerprint density at radius 3 is 2.11 bits per heavy atom. The number of anilines is 1. The van der Waals surface area contributed by atoms with Gasteiger partial charge in [0.15, 0.2) is 0 Å². The molecule has 196 valence electrons. The molecule has 3 rings (SSSR count). The number of benzene rings is 3. The highest BCUT2D eigenvalue weighted by Crippen LogP contribution is 2.28. The van der Waals surface area contributed by atoms with Gasteiger partial charge in [-0.3, -0.25) is 13.9 Å². The minimum Gasteiger partial charge on any atom is -0.357 e. The summed E-state index contributed by atoms with van der Waals surface area (Å²) in [5, 5.41) is 2.64. The van der Waals surface area contributed by atoms with Gasteiger partial charge in [0.2, 0.25) is 11.8 Å². The molecule has 0 saturated heterocycles. The highest BCUT2D eigenvalue weighted by molar-refractivity contribution is 7.92. The van der Waals surface area contributed by atoms with Crippen LogP contribution >= 0.6 is 0 Å². The fraction of sp³-hybridized carbons (Fsp3) is 0.310. The third-order valence-electron chi connectivity index (χ3n) is 6.35. The van der Waals surface area contributed by atoms with Crippen LogP contribution in [0.5, 0.6) is 0 Å². The fourth-order valence-electron chi connectivity index (χ4n) is 4.38. The molecule has 3 aromatic rings. The molecule has 0 spiro atoms. The monoisotopic (exact) mass is 521 g/mol. The van der Waals surface area contributed by atoms with E-state index in [1.807, 2.05) is 63.2 Å². The number of amides is 2. The van der Waals surface area contributed by atoms with Crippen LogP contribution in [0.1, 0.15) is 30.0 Å². The van der Waals surface area contributed by atoms with Gasteiger partial charge in [-0.25, -0.2) is 8.42 Å². The predicted molar refractivity (Wildman–Crippen MR) is 147 cm³/mol. The number of aryl methyl sites for hydroxylation is 2. The number of nitrogens with zero attached hydrogens (tertiary/aromatic N) is 2. The Labute approximate surface area is 220 Å². The molecule has 1 unspecified atom stereocenters. The number of nitrogens with one attached hydrogen (secondary N) is 1. The lowest BCUT2D eigenvalue weighted by Crippen LogP contribution is -2.52. The van der Waals surface area contributed by atoms with Crippen molar-refractivity contribution in [3.05, 3.63) is 95.6 Å². The second kappa shape index (κ2) is 12.5. The van der Waals surface area contributed by atoms with Crippen LogP contribution in [0.4, 0.5) is 5.69 Å². The highest BCUT2D eigenvalue weighted by Gasteiger charge is 2.33. The number of hydrogen-bond acceptors (Lipinski definition) is 4. The van der Waals surface area contributed by atoms with Gasteiger partial charge in [0.25, 0.3) is 10.0 Å². The average Bonchev–Trinajstić information content (AvgIpc) is 2.90. The Hall–Kier alpha value is -3.65. The van der Waals surface area contributed by atoms with Crippen molar-refractivity contribution in [3.63, 3.8) is 0 Å². The minimum absolute atomic E-state index is 0.0944. The maximum atomic E-state index is 13.9. The zero-order chi connectivity index (χ0) is 27.0. The van der Waals surface area contributed by atoms with Gasteiger partial charge in [-0.1, -0.05) is 73.2 Å². The predicted octanol–water partition coefficient (Wildman–Crippen LogP) is 4.09. The van der Waals surface area contributed by atoms with Crippen LogP contribution in [0.2, 0.25) is 0 Å². The first-order valence-electron chi connectivity index (χ1n) is 12.4. The first-order chi connectivity index (χ1) is 17.7. The molecule has 0 aliphatic carbocycles. The molecule has 0 fully saturated rings. The van der Waals surface area contributed by atoms with E-state index < -0.39 is 28.5 Å². The van der Waals surface area contributed by atoms with Crippen LogP contribution in [0.3, 0.4) is 0 Å². The summed E-state index contributed by atoms with van der Waals surface area (Å²) in [6.45, 7) is 5.45. The van der Waals surface area contributed by atoms with Gasteiger partial charge in [0, 0.05) is 13.6 Å². The molecule has 1 N–H and O–H groups in total. The summed E-state index contributed by atoms with van der Waals surface area (Å²) in [5.74, 6) is -0.723. The quantitative estimate of drug-likeness (QED) is 0.412. The van der Waals surface area contributed by atoms with Crippen LogP contribution < -0.4 is 9.62 Å². The molecule has 37 heavy (non-hydrogen) atoms. The normalized spacial score (nSPS) is 12.0. The molecular weight excluding hydrogens is 486 g/mol. The van der Waals surface area contributed by atoms with Crippen LogP contribution in [-0.4, -0.2) is 51.3 Å². The Bertz CT molecular complexity index is 1310.